The summed E-state index contributed by atoms with van der Waals surface area (Å²) in [7, 11) is 0. The maximum atomic E-state index is 10.4. The van der Waals surface area contributed by atoms with Crippen molar-refractivity contribution in [3.63, 3.8) is 0 Å². The van der Waals surface area contributed by atoms with Gasteiger partial charge in [-0.1, -0.05) is 23.2 Å². The molecule has 0 aliphatic heterocycles. The largest absolute Gasteiger partial charge is 0.481 e. The number of carboxylic acid groups (broad SMARTS) is 1. The van der Waals surface area contributed by atoms with E-state index in [1.165, 1.54) is 0 Å². The van der Waals surface area contributed by atoms with E-state index in [1.54, 1.807) is 18.2 Å². The number of unbranched alkanes of at least 4 members (excludes halogenated alkanes) is 1. The normalized spacial score (nSPS) is 10.7. The van der Waals surface area contributed by atoms with E-state index in [9.17, 15) is 4.79 Å². The van der Waals surface area contributed by atoms with Gasteiger partial charge in [0.15, 0.2) is 0 Å². The zero-order valence-electron chi connectivity index (χ0n) is 10.5. The molecule has 0 bridgehead atoms. The molecule has 0 fully saturated rings. The molecule has 2 aromatic rings. The monoisotopic (exact) mass is 314 g/mol. The summed E-state index contributed by atoms with van der Waals surface area (Å²) in [4.78, 5) is 10.4. The predicted molar refractivity (Wildman–Crippen MR) is 74.9 cm³/mol. The summed E-state index contributed by atoms with van der Waals surface area (Å²) in [5.41, 5.74) is 0.659. The van der Waals surface area contributed by atoms with Crippen LogP contribution in [0.15, 0.2) is 22.6 Å². The number of rotatable bonds is 6. The van der Waals surface area contributed by atoms with E-state index in [1.807, 2.05) is 0 Å². The van der Waals surface area contributed by atoms with E-state index in [-0.39, 0.29) is 6.42 Å². The average Bonchev–Trinajstić information content (AvgIpc) is 2.82. The number of carbonyl (C=O) groups is 1. The molecule has 7 heteroatoms. The fourth-order valence-electron chi connectivity index (χ4n) is 1.70. The Kier molecular flexibility index (Phi) is 4.98. The molecule has 1 heterocycles. The number of nitrogens with zero attached hydrogens (tertiary/aromatic N) is 2. The van der Waals surface area contributed by atoms with Crippen molar-refractivity contribution in [2.45, 2.75) is 25.7 Å². The third-order valence-electron chi connectivity index (χ3n) is 2.61. The maximum absolute atomic E-state index is 10.4. The second-order valence-corrected chi connectivity index (χ2v) is 5.13. The van der Waals surface area contributed by atoms with Crippen LogP contribution in [-0.2, 0) is 11.2 Å². The summed E-state index contributed by atoms with van der Waals surface area (Å²) in [5.74, 6) is 0.0221. The highest BCUT2D eigenvalue weighted by Crippen LogP contribution is 2.26. The number of benzene rings is 1. The van der Waals surface area contributed by atoms with Crippen LogP contribution in [0.25, 0.3) is 11.5 Å². The van der Waals surface area contributed by atoms with Crippen molar-refractivity contribution >= 4 is 29.2 Å². The average molecular weight is 315 g/mol. The number of aryl methyl sites for hydroxylation is 1. The third-order valence-corrected chi connectivity index (χ3v) is 3.04. The lowest BCUT2D eigenvalue weighted by molar-refractivity contribution is -0.137. The van der Waals surface area contributed by atoms with Crippen LogP contribution >= 0.6 is 23.2 Å². The van der Waals surface area contributed by atoms with Crippen LogP contribution in [0.1, 0.15) is 25.2 Å². The highest BCUT2D eigenvalue weighted by molar-refractivity contribution is 6.35. The van der Waals surface area contributed by atoms with Gasteiger partial charge in [-0.2, -0.15) is 0 Å². The zero-order valence-corrected chi connectivity index (χ0v) is 12.0. The Bertz CT molecular complexity index is 593. The van der Waals surface area contributed by atoms with Gasteiger partial charge in [0.1, 0.15) is 0 Å². The van der Waals surface area contributed by atoms with Crippen LogP contribution in [0.5, 0.6) is 0 Å². The van der Waals surface area contributed by atoms with Crippen LogP contribution in [0.2, 0.25) is 10.0 Å². The molecule has 0 amide bonds. The number of aliphatic carboxylic acids is 1. The molecule has 1 aromatic heterocycles. The first-order chi connectivity index (χ1) is 9.54. The molecule has 0 saturated carbocycles. The first kappa shape index (κ1) is 14.8. The van der Waals surface area contributed by atoms with E-state index < -0.39 is 5.97 Å². The fourth-order valence-corrected chi connectivity index (χ4v) is 2.23. The Morgan fingerprint density at radius 3 is 2.50 bits per heavy atom. The molecular weight excluding hydrogens is 303 g/mol. The summed E-state index contributed by atoms with van der Waals surface area (Å²) < 4.78 is 5.50. The lowest BCUT2D eigenvalue weighted by atomic mass is 10.2. The SMILES string of the molecule is O=C(O)CCCCc1nnc(-c2cc(Cl)cc(Cl)c2)o1. The molecule has 0 aliphatic carbocycles. The minimum Gasteiger partial charge on any atom is -0.481 e. The molecule has 0 radical (unpaired) electrons. The molecular formula is C13H12Cl2N2O3. The second kappa shape index (κ2) is 6.72. The van der Waals surface area contributed by atoms with Crippen molar-refractivity contribution in [2.75, 3.05) is 0 Å². The molecule has 0 saturated heterocycles. The van der Waals surface area contributed by atoms with Gasteiger partial charge in [0.05, 0.1) is 0 Å². The quantitative estimate of drug-likeness (QED) is 0.820. The Morgan fingerprint density at radius 2 is 1.85 bits per heavy atom. The van der Waals surface area contributed by atoms with E-state index in [4.69, 9.17) is 32.7 Å². The summed E-state index contributed by atoms with van der Waals surface area (Å²) >= 11 is 11.8. The smallest absolute Gasteiger partial charge is 0.303 e. The van der Waals surface area contributed by atoms with Crippen LogP contribution in [0.4, 0.5) is 0 Å². The van der Waals surface area contributed by atoms with Gasteiger partial charge in [0.25, 0.3) is 0 Å². The molecule has 1 aromatic carbocycles. The van der Waals surface area contributed by atoms with Gasteiger partial charge in [-0.05, 0) is 31.0 Å². The predicted octanol–water partition coefficient (Wildman–Crippen LogP) is 3.84. The van der Waals surface area contributed by atoms with E-state index in [2.05, 4.69) is 10.2 Å². The highest BCUT2D eigenvalue weighted by Gasteiger charge is 2.10. The Balaban J connectivity index is 1.99. The van der Waals surface area contributed by atoms with Gasteiger partial charge in [-0.3, -0.25) is 4.79 Å². The first-order valence-electron chi connectivity index (χ1n) is 6.05. The van der Waals surface area contributed by atoms with Crippen LogP contribution in [-0.4, -0.2) is 21.3 Å². The topological polar surface area (TPSA) is 76.2 Å². The molecule has 106 valence electrons. The van der Waals surface area contributed by atoms with Gasteiger partial charge in [-0.25, -0.2) is 0 Å². The molecule has 0 aliphatic rings. The first-order valence-corrected chi connectivity index (χ1v) is 6.81. The van der Waals surface area contributed by atoms with E-state index in [0.717, 1.165) is 0 Å². The molecule has 5 nitrogen and oxygen atoms in total. The third kappa shape index (κ3) is 4.21. The van der Waals surface area contributed by atoms with Gasteiger partial charge < -0.3 is 9.52 Å². The molecule has 0 atom stereocenters. The van der Waals surface area contributed by atoms with Gasteiger partial charge >= 0.3 is 5.97 Å². The number of halogens is 2. The fraction of sp³-hybridized carbons (Fsp3) is 0.308. The van der Waals surface area contributed by atoms with Gasteiger partial charge in [0, 0.05) is 28.5 Å². The molecule has 2 rings (SSSR count). The standard InChI is InChI=1S/C13H12Cl2N2O3/c14-9-5-8(6-10(15)7-9)13-17-16-11(20-13)3-1-2-4-12(18)19/h5-7H,1-4H2,(H,18,19). The van der Waals surface area contributed by atoms with Crippen molar-refractivity contribution in [3.05, 3.63) is 34.1 Å². The minimum atomic E-state index is -0.801. The van der Waals surface area contributed by atoms with E-state index in [0.29, 0.717) is 46.7 Å². The molecule has 0 unspecified atom stereocenters. The molecule has 20 heavy (non-hydrogen) atoms. The van der Waals surface area contributed by atoms with E-state index >= 15 is 0 Å². The van der Waals surface area contributed by atoms with Crippen LogP contribution < -0.4 is 0 Å². The molecule has 0 spiro atoms. The van der Waals surface area contributed by atoms with Crippen LogP contribution in [0.3, 0.4) is 0 Å². The van der Waals surface area contributed by atoms with Crippen LogP contribution in [0, 0.1) is 0 Å². The van der Waals surface area contributed by atoms with Crippen molar-refractivity contribution in [1.82, 2.24) is 10.2 Å². The Hall–Kier alpha value is -1.59. The maximum Gasteiger partial charge on any atom is 0.303 e. The Morgan fingerprint density at radius 1 is 1.15 bits per heavy atom. The van der Waals surface area contributed by atoms with Gasteiger partial charge in [0.2, 0.25) is 11.8 Å². The summed E-state index contributed by atoms with van der Waals surface area (Å²) in [6.45, 7) is 0. The van der Waals surface area contributed by atoms with Crippen molar-refractivity contribution < 1.29 is 14.3 Å². The van der Waals surface area contributed by atoms with Crippen molar-refractivity contribution in [2.24, 2.45) is 0 Å². The van der Waals surface area contributed by atoms with Gasteiger partial charge in [-0.15, -0.1) is 10.2 Å². The summed E-state index contributed by atoms with van der Waals surface area (Å²) in [5, 5.41) is 17.4. The minimum absolute atomic E-state index is 0.144. The summed E-state index contributed by atoms with van der Waals surface area (Å²) in [6, 6.07) is 5.00. The Labute approximate surface area is 125 Å². The zero-order chi connectivity index (χ0) is 14.5. The van der Waals surface area contributed by atoms with Crippen molar-refractivity contribution in [3.8, 4) is 11.5 Å². The lowest BCUT2D eigenvalue weighted by Gasteiger charge is -1.98. The molecule has 1 N–H and O–H groups in total. The number of hydrogen-bond acceptors (Lipinski definition) is 4. The number of hydrogen-bond donors (Lipinski definition) is 1. The highest BCUT2D eigenvalue weighted by atomic mass is 35.5. The second-order valence-electron chi connectivity index (χ2n) is 4.26. The number of carboxylic acids is 1. The number of aromatic nitrogens is 2. The van der Waals surface area contributed by atoms with Crippen molar-refractivity contribution in [1.29, 1.82) is 0 Å². The lowest BCUT2D eigenvalue weighted by Crippen LogP contribution is -1.95. The summed E-state index contributed by atoms with van der Waals surface area (Å²) in [6.07, 6.45) is 1.96.